The van der Waals surface area contributed by atoms with E-state index in [9.17, 15) is 13.2 Å². The highest BCUT2D eigenvalue weighted by Crippen LogP contribution is 2.33. The molecule has 0 radical (unpaired) electrons. The van der Waals surface area contributed by atoms with Crippen molar-refractivity contribution in [2.75, 3.05) is 56.5 Å². The maximum absolute atomic E-state index is 13.4. The van der Waals surface area contributed by atoms with E-state index < -0.39 is 10.0 Å². The van der Waals surface area contributed by atoms with Gasteiger partial charge in [-0.1, -0.05) is 43.7 Å². The van der Waals surface area contributed by atoms with Gasteiger partial charge in [-0.05, 0) is 50.1 Å². The Morgan fingerprint density at radius 1 is 0.941 bits per heavy atom. The average molecular weight is 485 g/mol. The zero-order valence-corrected chi connectivity index (χ0v) is 21.1. The first-order valence-electron chi connectivity index (χ1n) is 12.3. The topological polar surface area (TPSA) is 73.0 Å². The number of likely N-dealkylation sites (N-methyl/N-ethyl adjacent to an activating group) is 1. The molecule has 8 heteroatoms. The summed E-state index contributed by atoms with van der Waals surface area (Å²) in [6.45, 7) is 6.59. The second-order valence-electron chi connectivity index (χ2n) is 9.29. The van der Waals surface area contributed by atoms with Crippen molar-refractivity contribution in [2.24, 2.45) is 0 Å². The smallest absolute Gasteiger partial charge is 0.243 e. The SMILES string of the molecule is CCC(C(=O)Nc1cc(S(=O)(=O)N2CCCCC2)ccc1N1CCN(C)CC1)c1ccccc1. The fourth-order valence-electron chi connectivity index (χ4n) is 4.83. The summed E-state index contributed by atoms with van der Waals surface area (Å²) in [6.07, 6.45) is 3.49. The van der Waals surface area contributed by atoms with Gasteiger partial charge in [0.2, 0.25) is 15.9 Å². The van der Waals surface area contributed by atoms with E-state index >= 15 is 0 Å². The summed E-state index contributed by atoms with van der Waals surface area (Å²) in [5, 5.41) is 3.11. The standard InChI is InChI=1S/C26H36N4O3S/c1-3-23(21-10-6-4-7-11-21)26(31)27-24-20-22(34(32,33)30-14-8-5-9-15-30)12-13-25(24)29-18-16-28(2)17-19-29/h4,6-7,10-13,20,23H,3,5,8-9,14-19H2,1-2H3,(H,27,31). The van der Waals surface area contributed by atoms with Crippen molar-refractivity contribution in [3.05, 3.63) is 54.1 Å². The molecule has 7 nitrogen and oxygen atoms in total. The second-order valence-corrected chi connectivity index (χ2v) is 11.2. The van der Waals surface area contributed by atoms with Gasteiger partial charge in [-0.25, -0.2) is 8.42 Å². The van der Waals surface area contributed by atoms with Crippen molar-refractivity contribution in [1.82, 2.24) is 9.21 Å². The minimum absolute atomic E-state index is 0.114. The zero-order chi connectivity index (χ0) is 24.1. The van der Waals surface area contributed by atoms with Gasteiger partial charge in [-0.15, -0.1) is 0 Å². The van der Waals surface area contributed by atoms with E-state index in [4.69, 9.17) is 0 Å². The molecule has 2 heterocycles. The molecular formula is C26H36N4O3S. The molecule has 2 aliphatic heterocycles. The first-order valence-corrected chi connectivity index (χ1v) is 13.8. The lowest BCUT2D eigenvalue weighted by Crippen LogP contribution is -2.44. The minimum atomic E-state index is -3.60. The van der Waals surface area contributed by atoms with Gasteiger partial charge in [-0.2, -0.15) is 4.31 Å². The summed E-state index contributed by atoms with van der Waals surface area (Å²) < 4.78 is 28.3. The van der Waals surface area contributed by atoms with Crippen LogP contribution in [0, 0.1) is 0 Å². The van der Waals surface area contributed by atoms with Crippen molar-refractivity contribution < 1.29 is 13.2 Å². The number of nitrogens with one attached hydrogen (secondary N) is 1. The number of carbonyl (C=O) groups is 1. The number of rotatable bonds is 7. The van der Waals surface area contributed by atoms with Crippen LogP contribution in [-0.2, 0) is 14.8 Å². The Bertz CT molecular complexity index is 1080. The molecule has 34 heavy (non-hydrogen) atoms. The largest absolute Gasteiger partial charge is 0.367 e. The van der Waals surface area contributed by atoms with E-state index in [0.29, 0.717) is 25.2 Å². The van der Waals surface area contributed by atoms with Gasteiger partial charge in [0.1, 0.15) is 0 Å². The summed E-state index contributed by atoms with van der Waals surface area (Å²) in [7, 11) is -1.50. The highest BCUT2D eigenvalue weighted by atomic mass is 32.2. The lowest BCUT2D eigenvalue weighted by atomic mass is 9.95. The van der Waals surface area contributed by atoms with Crippen LogP contribution in [-0.4, -0.2) is 69.8 Å². The number of sulfonamides is 1. The van der Waals surface area contributed by atoms with E-state index in [0.717, 1.165) is 56.7 Å². The van der Waals surface area contributed by atoms with E-state index in [1.165, 1.54) is 0 Å². The van der Waals surface area contributed by atoms with Crippen molar-refractivity contribution >= 4 is 27.3 Å². The molecule has 2 saturated heterocycles. The van der Waals surface area contributed by atoms with Crippen molar-refractivity contribution in [3.63, 3.8) is 0 Å². The molecule has 1 unspecified atom stereocenters. The third-order valence-corrected chi connectivity index (χ3v) is 8.84. The summed E-state index contributed by atoms with van der Waals surface area (Å²) >= 11 is 0. The first kappa shape index (κ1) is 24.7. The Balaban J connectivity index is 1.67. The number of amides is 1. The highest BCUT2D eigenvalue weighted by molar-refractivity contribution is 7.89. The predicted octanol–water partition coefficient (Wildman–Crippen LogP) is 3.75. The summed E-state index contributed by atoms with van der Waals surface area (Å²) in [4.78, 5) is 18.1. The summed E-state index contributed by atoms with van der Waals surface area (Å²) in [6, 6.07) is 15.0. The summed E-state index contributed by atoms with van der Waals surface area (Å²) in [5.41, 5.74) is 2.41. The van der Waals surface area contributed by atoms with Crippen LogP contribution in [0.3, 0.4) is 0 Å². The quantitative estimate of drug-likeness (QED) is 0.648. The first-order chi connectivity index (χ1) is 16.4. The van der Waals surface area contributed by atoms with Crippen LogP contribution >= 0.6 is 0 Å². The van der Waals surface area contributed by atoms with E-state index in [1.54, 1.807) is 16.4 Å². The Morgan fingerprint density at radius 2 is 1.62 bits per heavy atom. The van der Waals surface area contributed by atoms with Crippen LogP contribution in [0.4, 0.5) is 11.4 Å². The van der Waals surface area contributed by atoms with Crippen LogP contribution in [0.2, 0.25) is 0 Å². The van der Waals surface area contributed by atoms with Crippen molar-refractivity contribution in [2.45, 2.75) is 43.4 Å². The molecule has 2 aromatic rings. The number of carbonyl (C=O) groups excluding carboxylic acids is 1. The predicted molar refractivity (Wildman–Crippen MR) is 137 cm³/mol. The molecule has 184 valence electrons. The molecule has 0 bridgehead atoms. The second kappa shape index (κ2) is 10.9. The van der Waals surface area contributed by atoms with Crippen molar-refractivity contribution in [1.29, 1.82) is 0 Å². The monoisotopic (exact) mass is 484 g/mol. The van der Waals surface area contributed by atoms with Crippen LogP contribution in [0.15, 0.2) is 53.4 Å². The molecule has 0 saturated carbocycles. The minimum Gasteiger partial charge on any atom is -0.367 e. The summed E-state index contributed by atoms with van der Waals surface area (Å²) in [5.74, 6) is -0.416. The lowest BCUT2D eigenvalue weighted by molar-refractivity contribution is -0.117. The molecule has 4 rings (SSSR count). The third-order valence-electron chi connectivity index (χ3n) is 6.95. The molecule has 2 aromatic carbocycles. The Hall–Kier alpha value is -2.42. The van der Waals surface area contributed by atoms with Gasteiger partial charge in [0, 0.05) is 39.3 Å². The molecule has 0 aliphatic carbocycles. The van der Waals surface area contributed by atoms with Crippen LogP contribution < -0.4 is 10.2 Å². The van der Waals surface area contributed by atoms with Gasteiger partial charge >= 0.3 is 0 Å². The maximum atomic E-state index is 13.4. The number of benzene rings is 2. The molecule has 1 atom stereocenters. The molecule has 2 aliphatic rings. The number of nitrogens with zero attached hydrogens (tertiary/aromatic N) is 3. The van der Waals surface area contributed by atoms with Gasteiger partial charge in [-0.3, -0.25) is 4.79 Å². The van der Waals surface area contributed by atoms with Gasteiger partial charge in [0.15, 0.2) is 0 Å². The van der Waals surface area contributed by atoms with E-state index in [1.807, 2.05) is 43.3 Å². The number of hydrogen-bond acceptors (Lipinski definition) is 5. The van der Waals surface area contributed by atoms with Crippen molar-refractivity contribution in [3.8, 4) is 0 Å². The Morgan fingerprint density at radius 3 is 2.26 bits per heavy atom. The molecule has 0 aromatic heterocycles. The Kier molecular flexibility index (Phi) is 7.91. The number of piperazine rings is 1. The number of hydrogen-bond donors (Lipinski definition) is 1. The average Bonchev–Trinajstić information content (AvgIpc) is 2.86. The van der Waals surface area contributed by atoms with Crippen LogP contribution in [0.5, 0.6) is 0 Å². The van der Waals surface area contributed by atoms with Crippen LogP contribution in [0.25, 0.3) is 0 Å². The zero-order valence-electron chi connectivity index (χ0n) is 20.2. The highest BCUT2D eigenvalue weighted by Gasteiger charge is 2.28. The third kappa shape index (κ3) is 5.45. The Labute approximate surface area is 203 Å². The molecular weight excluding hydrogens is 448 g/mol. The van der Waals surface area contributed by atoms with Gasteiger partial charge in [0.05, 0.1) is 22.2 Å². The molecule has 0 spiro atoms. The van der Waals surface area contributed by atoms with E-state index in [-0.39, 0.29) is 16.7 Å². The maximum Gasteiger partial charge on any atom is 0.243 e. The molecule has 2 fully saturated rings. The molecule has 1 amide bonds. The fraction of sp³-hybridized carbons (Fsp3) is 0.500. The van der Waals surface area contributed by atoms with E-state index in [2.05, 4.69) is 22.2 Å². The van der Waals surface area contributed by atoms with Gasteiger partial charge in [0.25, 0.3) is 0 Å². The normalized spacial score (nSPS) is 19.1. The number of anilines is 2. The van der Waals surface area contributed by atoms with Gasteiger partial charge < -0.3 is 15.1 Å². The number of piperidine rings is 1. The fourth-order valence-corrected chi connectivity index (χ4v) is 6.37. The lowest BCUT2D eigenvalue weighted by Gasteiger charge is -2.35. The van der Waals surface area contributed by atoms with Crippen LogP contribution in [0.1, 0.15) is 44.1 Å². The molecule has 1 N–H and O–H groups in total.